The number of nitrogens with zero attached hydrogens (tertiary/aromatic N) is 3. The Morgan fingerprint density at radius 1 is 0.976 bits per heavy atom. The lowest BCUT2D eigenvalue weighted by molar-refractivity contribution is -0.231. The Bertz CT molecular complexity index is 1330. The average Bonchev–Trinajstić information content (AvgIpc) is 3.45. The molecule has 0 atom stereocenters. The molecule has 3 fully saturated rings. The molecule has 1 amide bonds. The van der Waals surface area contributed by atoms with Gasteiger partial charge in [0.05, 0.1) is 35.7 Å². The van der Waals surface area contributed by atoms with Crippen molar-refractivity contribution in [2.75, 3.05) is 13.2 Å². The second kappa shape index (κ2) is 12.2. The van der Waals surface area contributed by atoms with Gasteiger partial charge in [-0.25, -0.2) is 14.4 Å². The third-order valence-electron chi connectivity index (χ3n) is 8.37. The summed E-state index contributed by atoms with van der Waals surface area (Å²) in [6.45, 7) is 2.27. The molecule has 2 N–H and O–H groups in total. The van der Waals surface area contributed by atoms with Crippen LogP contribution in [0.3, 0.4) is 0 Å². The Labute approximate surface area is 239 Å². The Balaban J connectivity index is 1.22. The van der Waals surface area contributed by atoms with Gasteiger partial charge in [0.2, 0.25) is 12.2 Å². The summed E-state index contributed by atoms with van der Waals surface area (Å²) in [6, 6.07) is 8.47. The molecule has 2 aromatic heterocycles. The zero-order valence-electron chi connectivity index (χ0n) is 23.5. The van der Waals surface area contributed by atoms with Gasteiger partial charge < -0.3 is 24.5 Å². The summed E-state index contributed by atoms with van der Waals surface area (Å²) in [6.07, 6.45) is 12.1. The van der Waals surface area contributed by atoms with E-state index in [0.717, 1.165) is 51.4 Å². The van der Waals surface area contributed by atoms with E-state index in [1.54, 1.807) is 24.4 Å². The van der Waals surface area contributed by atoms with Gasteiger partial charge >= 0.3 is 6.01 Å². The fourth-order valence-corrected chi connectivity index (χ4v) is 5.88. The highest BCUT2D eigenvalue weighted by molar-refractivity contribution is 5.83. The summed E-state index contributed by atoms with van der Waals surface area (Å²) < 4.78 is 32.0. The van der Waals surface area contributed by atoms with Crippen LogP contribution < -0.4 is 10.1 Å². The normalized spacial score (nSPS) is 24.2. The van der Waals surface area contributed by atoms with E-state index in [-0.39, 0.29) is 37.1 Å². The van der Waals surface area contributed by atoms with E-state index in [9.17, 15) is 9.18 Å². The minimum atomic E-state index is -0.793. The molecule has 3 aliphatic rings. The van der Waals surface area contributed by atoms with Crippen LogP contribution in [0.25, 0.3) is 22.6 Å². The zero-order chi connectivity index (χ0) is 28.2. The molecule has 2 saturated carbocycles. The highest BCUT2D eigenvalue weighted by Gasteiger charge is 2.41. The fraction of sp³-hybridized carbons (Fsp3) is 0.548. The highest BCUT2D eigenvalue weighted by Crippen LogP contribution is 2.36. The van der Waals surface area contributed by atoms with Gasteiger partial charge in [0.15, 0.2) is 5.82 Å². The van der Waals surface area contributed by atoms with Crippen molar-refractivity contribution in [2.24, 2.45) is 5.41 Å². The van der Waals surface area contributed by atoms with E-state index in [0.29, 0.717) is 34.5 Å². The Morgan fingerprint density at radius 3 is 2.37 bits per heavy atom. The first-order chi connectivity index (χ1) is 20.0. The molecule has 0 unspecified atom stereocenters. The number of carbonyl (C=O) groups excluding carboxylic acids is 1. The molecule has 1 aliphatic heterocycles. The number of hydrogen-bond acceptors (Lipinski definition) is 7. The number of aromatic nitrogens is 4. The summed E-state index contributed by atoms with van der Waals surface area (Å²) in [7, 11) is 0. The van der Waals surface area contributed by atoms with Crippen LogP contribution in [-0.4, -0.2) is 51.2 Å². The monoisotopic (exact) mass is 563 g/mol. The maximum absolute atomic E-state index is 13.7. The number of imidazole rings is 1. The quantitative estimate of drug-likeness (QED) is 0.369. The lowest BCUT2D eigenvalue weighted by Crippen LogP contribution is -2.51. The van der Waals surface area contributed by atoms with Crippen molar-refractivity contribution in [1.29, 1.82) is 0 Å². The summed E-state index contributed by atoms with van der Waals surface area (Å²) >= 11 is 0. The van der Waals surface area contributed by atoms with Crippen molar-refractivity contribution in [3.8, 4) is 28.7 Å². The highest BCUT2D eigenvalue weighted by atomic mass is 19.1. The van der Waals surface area contributed by atoms with Crippen molar-refractivity contribution in [3.05, 3.63) is 48.2 Å². The van der Waals surface area contributed by atoms with E-state index in [1.807, 2.05) is 6.92 Å². The summed E-state index contributed by atoms with van der Waals surface area (Å²) in [5.74, 6) is 0.0740. The molecule has 10 heteroatoms. The van der Waals surface area contributed by atoms with Gasteiger partial charge in [-0.05, 0) is 75.8 Å². The minimum absolute atomic E-state index is 0.0403. The van der Waals surface area contributed by atoms with Crippen LogP contribution in [-0.2, 0) is 14.3 Å². The largest absolute Gasteiger partial charge is 0.460 e. The second-order valence-electron chi connectivity index (χ2n) is 11.8. The number of amides is 1. The number of nitrogens with one attached hydrogen (secondary N) is 2. The van der Waals surface area contributed by atoms with Crippen molar-refractivity contribution in [3.63, 3.8) is 0 Å². The summed E-state index contributed by atoms with van der Waals surface area (Å²) in [4.78, 5) is 30.3. The Morgan fingerprint density at radius 2 is 1.66 bits per heavy atom. The maximum Gasteiger partial charge on any atom is 0.317 e. The van der Waals surface area contributed by atoms with Crippen molar-refractivity contribution >= 4 is 5.91 Å². The fourth-order valence-electron chi connectivity index (χ4n) is 5.88. The molecule has 1 aromatic carbocycles. The molecular formula is C31H38FN5O4. The smallest absolute Gasteiger partial charge is 0.317 e. The number of benzene rings is 1. The number of rotatable bonds is 7. The molecule has 2 aliphatic carbocycles. The minimum Gasteiger partial charge on any atom is -0.460 e. The first kappa shape index (κ1) is 27.8. The lowest BCUT2D eigenvalue weighted by Gasteiger charge is -2.37. The van der Waals surface area contributed by atoms with Crippen LogP contribution >= 0.6 is 0 Å². The number of hydrogen-bond donors (Lipinski definition) is 2. The van der Waals surface area contributed by atoms with Gasteiger partial charge in [-0.3, -0.25) is 4.79 Å². The molecule has 41 heavy (non-hydrogen) atoms. The number of carbonyl (C=O) groups is 1. The van der Waals surface area contributed by atoms with E-state index in [4.69, 9.17) is 19.2 Å². The first-order valence-electron chi connectivity index (χ1n) is 14.9. The van der Waals surface area contributed by atoms with Gasteiger partial charge in [-0.2, -0.15) is 4.98 Å². The predicted molar refractivity (Wildman–Crippen MR) is 150 cm³/mol. The molecular weight excluding hydrogens is 525 g/mol. The third-order valence-corrected chi connectivity index (χ3v) is 8.37. The molecule has 6 rings (SSSR count). The molecule has 0 bridgehead atoms. The van der Waals surface area contributed by atoms with Gasteiger partial charge in [0, 0.05) is 17.8 Å². The Kier molecular flexibility index (Phi) is 8.30. The van der Waals surface area contributed by atoms with Crippen molar-refractivity contribution < 1.29 is 23.4 Å². The van der Waals surface area contributed by atoms with Crippen molar-refractivity contribution in [1.82, 2.24) is 25.3 Å². The van der Waals surface area contributed by atoms with Gasteiger partial charge in [0.25, 0.3) is 0 Å². The predicted octanol–water partition coefficient (Wildman–Crippen LogP) is 5.88. The molecule has 218 valence electrons. The van der Waals surface area contributed by atoms with Crippen LogP contribution in [0, 0.1) is 11.2 Å². The van der Waals surface area contributed by atoms with Gasteiger partial charge in [0.1, 0.15) is 11.9 Å². The summed E-state index contributed by atoms with van der Waals surface area (Å²) in [5.41, 5.74) is 1.72. The van der Waals surface area contributed by atoms with E-state index in [2.05, 4.69) is 20.3 Å². The first-order valence-corrected chi connectivity index (χ1v) is 14.9. The van der Waals surface area contributed by atoms with Gasteiger partial charge in [-0.1, -0.05) is 25.7 Å². The summed E-state index contributed by atoms with van der Waals surface area (Å²) in [5, 5.41) is 3.20. The zero-order valence-corrected chi connectivity index (χ0v) is 23.5. The third kappa shape index (κ3) is 6.43. The van der Waals surface area contributed by atoms with Crippen LogP contribution in [0.1, 0.15) is 83.2 Å². The van der Waals surface area contributed by atoms with Gasteiger partial charge in [-0.15, -0.1) is 0 Å². The van der Waals surface area contributed by atoms with Crippen LogP contribution in [0.15, 0.2) is 36.5 Å². The topological polar surface area (TPSA) is 111 Å². The number of aromatic amines is 1. The Hall–Kier alpha value is -3.37. The SMILES string of the molecule is CC1(C(=O)NC2CCCCC2)COC(c2nc(-c3ccc(F)cc3)c(-c3ccnc(OC4CCCCC4)n3)[nH]2)OC1. The molecule has 1 saturated heterocycles. The van der Waals surface area contributed by atoms with Crippen molar-refractivity contribution in [2.45, 2.75) is 89.6 Å². The standard InChI is InChI=1S/C31H38FN5O4/c1-31(29(38)34-22-8-4-2-5-9-22)18-39-28(40-19-31)27-36-25(20-12-14-21(32)15-13-20)26(37-27)24-16-17-33-30(35-24)41-23-10-6-3-7-11-23/h12-17,22-23,28H,2-11,18-19H2,1H3,(H,34,38)(H,36,37). The van der Waals surface area contributed by atoms with Crippen LogP contribution in [0.5, 0.6) is 6.01 Å². The maximum atomic E-state index is 13.7. The number of halogens is 1. The van der Waals surface area contributed by atoms with E-state index in [1.165, 1.54) is 25.0 Å². The number of H-pyrrole nitrogens is 1. The van der Waals surface area contributed by atoms with Crippen LogP contribution in [0.4, 0.5) is 4.39 Å². The lowest BCUT2D eigenvalue weighted by atomic mass is 9.89. The average molecular weight is 564 g/mol. The molecule has 0 spiro atoms. The second-order valence-corrected chi connectivity index (χ2v) is 11.8. The molecule has 9 nitrogen and oxygen atoms in total. The van der Waals surface area contributed by atoms with Crippen LogP contribution in [0.2, 0.25) is 0 Å². The van der Waals surface area contributed by atoms with E-state index < -0.39 is 11.7 Å². The van der Waals surface area contributed by atoms with E-state index >= 15 is 0 Å². The molecule has 3 heterocycles. The molecule has 3 aromatic rings. The number of ether oxygens (including phenoxy) is 3. The molecule has 0 radical (unpaired) electrons.